The molecule has 0 spiro atoms. The van der Waals surface area contributed by atoms with Crippen LogP contribution >= 0.6 is 15.9 Å². The van der Waals surface area contributed by atoms with Crippen molar-refractivity contribution in [2.24, 2.45) is 0 Å². The third-order valence-electron chi connectivity index (χ3n) is 3.19. The number of hydrogen-bond donors (Lipinski definition) is 2. The average molecular weight is 389 g/mol. The molecule has 0 fully saturated rings. The lowest BCUT2D eigenvalue weighted by Gasteiger charge is -2.21. The summed E-state index contributed by atoms with van der Waals surface area (Å²) in [6, 6.07) is 14.6. The maximum Gasteiger partial charge on any atom is 0.253 e. The summed E-state index contributed by atoms with van der Waals surface area (Å²) in [6.45, 7) is 5.75. The molecule has 5 heteroatoms. The highest BCUT2D eigenvalue weighted by molar-refractivity contribution is 9.10. The molecule has 0 bridgehead atoms. The van der Waals surface area contributed by atoms with Gasteiger partial charge in [0.25, 0.3) is 5.91 Å². The number of benzene rings is 2. The summed E-state index contributed by atoms with van der Waals surface area (Å²) in [5, 5.41) is 5.74. The van der Waals surface area contributed by atoms with E-state index in [9.17, 15) is 9.59 Å². The quantitative estimate of drug-likeness (QED) is 0.825. The van der Waals surface area contributed by atoms with Crippen LogP contribution in [-0.2, 0) is 11.2 Å². The number of nitrogens with one attached hydrogen (secondary N) is 2. The molecule has 0 heterocycles. The summed E-state index contributed by atoms with van der Waals surface area (Å²) in [5.74, 6) is -0.370. The Bertz CT molecular complexity index is 751. The molecule has 4 nitrogen and oxygen atoms in total. The molecule has 2 rings (SSSR count). The number of amides is 2. The normalized spacial score (nSPS) is 11.0. The van der Waals surface area contributed by atoms with Gasteiger partial charge in [-0.05, 0) is 50.6 Å². The van der Waals surface area contributed by atoms with Gasteiger partial charge in [-0.15, -0.1) is 0 Å². The molecule has 0 aliphatic carbocycles. The first-order valence-corrected chi connectivity index (χ1v) is 8.50. The van der Waals surface area contributed by atoms with Gasteiger partial charge in [-0.3, -0.25) is 9.59 Å². The van der Waals surface area contributed by atoms with Gasteiger partial charge in [-0.25, -0.2) is 0 Å². The van der Waals surface area contributed by atoms with Crippen LogP contribution in [0.25, 0.3) is 0 Å². The number of rotatable bonds is 4. The molecule has 0 radical (unpaired) electrons. The maximum absolute atomic E-state index is 12.4. The first kappa shape index (κ1) is 18.2. The minimum atomic E-state index is -0.343. The van der Waals surface area contributed by atoms with Gasteiger partial charge in [0.2, 0.25) is 5.91 Å². The van der Waals surface area contributed by atoms with Crippen LogP contribution in [0, 0.1) is 0 Å². The molecule has 0 aliphatic heterocycles. The molecule has 126 valence electrons. The van der Waals surface area contributed by atoms with Gasteiger partial charge in [-0.2, -0.15) is 0 Å². The number of anilines is 1. The lowest BCUT2D eigenvalue weighted by atomic mass is 10.1. The highest BCUT2D eigenvalue weighted by atomic mass is 79.9. The predicted molar refractivity (Wildman–Crippen MR) is 100 cm³/mol. The fourth-order valence-electron chi connectivity index (χ4n) is 2.22. The smallest absolute Gasteiger partial charge is 0.253 e. The van der Waals surface area contributed by atoms with Crippen LogP contribution in [-0.4, -0.2) is 17.4 Å². The predicted octanol–water partition coefficient (Wildman–Crippen LogP) is 4.16. The van der Waals surface area contributed by atoms with E-state index < -0.39 is 0 Å². The topological polar surface area (TPSA) is 58.2 Å². The van der Waals surface area contributed by atoms with E-state index in [1.807, 2.05) is 45.0 Å². The third kappa shape index (κ3) is 5.49. The Kier molecular flexibility index (Phi) is 5.78. The second-order valence-electron chi connectivity index (χ2n) is 6.60. The molecule has 0 aromatic heterocycles. The lowest BCUT2D eigenvalue weighted by molar-refractivity contribution is -0.115. The van der Waals surface area contributed by atoms with E-state index in [0.29, 0.717) is 11.3 Å². The van der Waals surface area contributed by atoms with Crippen molar-refractivity contribution in [1.82, 2.24) is 5.32 Å². The number of carbonyl (C=O) groups is 2. The van der Waals surface area contributed by atoms with Crippen molar-refractivity contribution in [3.05, 3.63) is 64.1 Å². The minimum absolute atomic E-state index is 0.163. The monoisotopic (exact) mass is 388 g/mol. The van der Waals surface area contributed by atoms with E-state index in [1.165, 1.54) is 0 Å². The van der Waals surface area contributed by atoms with Crippen LogP contribution in [0.5, 0.6) is 0 Å². The van der Waals surface area contributed by atoms with Crippen LogP contribution in [0.2, 0.25) is 0 Å². The molecule has 24 heavy (non-hydrogen) atoms. The summed E-state index contributed by atoms with van der Waals surface area (Å²) in [6.07, 6.45) is 0.245. The van der Waals surface area contributed by atoms with E-state index in [2.05, 4.69) is 26.6 Å². The van der Waals surface area contributed by atoms with Crippen molar-refractivity contribution in [2.75, 3.05) is 5.32 Å². The summed E-state index contributed by atoms with van der Waals surface area (Å²) < 4.78 is 0.928. The summed E-state index contributed by atoms with van der Waals surface area (Å²) in [4.78, 5) is 24.7. The van der Waals surface area contributed by atoms with E-state index in [1.54, 1.807) is 24.3 Å². The van der Waals surface area contributed by atoms with Crippen molar-refractivity contribution in [1.29, 1.82) is 0 Å². The van der Waals surface area contributed by atoms with Crippen molar-refractivity contribution in [3.8, 4) is 0 Å². The SMILES string of the molecule is CC(C)(C)NC(=O)c1ccccc1NC(=O)Cc1cccc(Br)c1. The van der Waals surface area contributed by atoms with Crippen LogP contribution in [0.1, 0.15) is 36.7 Å². The average Bonchev–Trinajstić information content (AvgIpc) is 2.45. The van der Waals surface area contributed by atoms with Gasteiger partial charge >= 0.3 is 0 Å². The first-order chi connectivity index (χ1) is 11.2. The molecule has 2 aromatic rings. The minimum Gasteiger partial charge on any atom is -0.347 e. The molecule has 2 aromatic carbocycles. The van der Waals surface area contributed by atoms with Crippen molar-refractivity contribution < 1.29 is 9.59 Å². The number of halogens is 1. The Morgan fingerprint density at radius 2 is 1.75 bits per heavy atom. The standard InChI is InChI=1S/C19H21BrN2O2/c1-19(2,3)22-18(24)15-9-4-5-10-16(15)21-17(23)12-13-7-6-8-14(20)11-13/h4-11H,12H2,1-3H3,(H,21,23)(H,22,24). The fourth-order valence-corrected chi connectivity index (χ4v) is 2.67. The largest absolute Gasteiger partial charge is 0.347 e. The second kappa shape index (κ2) is 7.62. The van der Waals surface area contributed by atoms with Crippen molar-refractivity contribution in [3.63, 3.8) is 0 Å². The Hall–Kier alpha value is -2.14. The molecule has 2 amide bonds. The van der Waals surface area contributed by atoms with Crippen molar-refractivity contribution in [2.45, 2.75) is 32.7 Å². The van der Waals surface area contributed by atoms with Gasteiger partial charge in [0, 0.05) is 10.0 Å². The van der Waals surface area contributed by atoms with Crippen molar-refractivity contribution >= 4 is 33.4 Å². The van der Waals surface area contributed by atoms with Gasteiger partial charge < -0.3 is 10.6 Å². The molecule has 2 N–H and O–H groups in total. The highest BCUT2D eigenvalue weighted by Gasteiger charge is 2.18. The van der Waals surface area contributed by atoms with Gasteiger partial charge in [-0.1, -0.05) is 40.2 Å². The zero-order valence-corrected chi connectivity index (χ0v) is 15.6. The number of para-hydroxylation sites is 1. The summed E-state index contributed by atoms with van der Waals surface area (Å²) in [5.41, 5.74) is 1.53. The molecular weight excluding hydrogens is 368 g/mol. The number of hydrogen-bond acceptors (Lipinski definition) is 2. The Labute approximate surface area is 150 Å². The summed E-state index contributed by atoms with van der Waals surface area (Å²) >= 11 is 3.39. The summed E-state index contributed by atoms with van der Waals surface area (Å²) in [7, 11) is 0. The Morgan fingerprint density at radius 3 is 2.42 bits per heavy atom. The first-order valence-electron chi connectivity index (χ1n) is 7.70. The lowest BCUT2D eigenvalue weighted by Crippen LogP contribution is -2.40. The van der Waals surface area contributed by atoms with E-state index in [4.69, 9.17) is 0 Å². The second-order valence-corrected chi connectivity index (χ2v) is 7.52. The fraction of sp³-hybridized carbons (Fsp3) is 0.263. The van der Waals surface area contributed by atoms with E-state index >= 15 is 0 Å². The zero-order chi connectivity index (χ0) is 17.7. The van der Waals surface area contributed by atoms with E-state index in [0.717, 1.165) is 10.0 Å². The molecule has 0 saturated heterocycles. The molecule has 0 aliphatic rings. The molecule has 0 saturated carbocycles. The number of carbonyl (C=O) groups excluding carboxylic acids is 2. The van der Waals surface area contributed by atoms with Gasteiger partial charge in [0.05, 0.1) is 17.7 Å². The van der Waals surface area contributed by atoms with E-state index in [-0.39, 0.29) is 23.8 Å². The third-order valence-corrected chi connectivity index (χ3v) is 3.68. The van der Waals surface area contributed by atoms with Gasteiger partial charge in [0.1, 0.15) is 0 Å². The Morgan fingerprint density at radius 1 is 1.04 bits per heavy atom. The maximum atomic E-state index is 12.4. The van der Waals surface area contributed by atoms with Crippen LogP contribution in [0.3, 0.4) is 0 Å². The van der Waals surface area contributed by atoms with Crippen LogP contribution in [0.4, 0.5) is 5.69 Å². The zero-order valence-electron chi connectivity index (χ0n) is 14.0. The molecule has 0 unspecified atom stereocenters. The highest BCUT2D eigenvalue weighted by Crippen LogP contribution is 2.17. The molecule has 0 atom stereocenters. The Balaban J connectivity index is 2.12. The van der Waals surface area contributed by atoms with Crippen LogP contribution < -0.4 is 10.6 Å². The van der Waals surface area contributed by atoms with Gasteiger partial charge in [0.15, 0.2) is 0 Å². The van der Waals surface area contributed by atoms with Crippen LogP contribution in [0.15, 0.2) is 53.0 Å². The molecular formula is C19H21BrN2O2.